The van der Waals surface area contributed by atoms with Gasteiger partial charge in [0.05, 0.1) is 17.9 Å². The minimum atomic E-state index is -3.76. The van der Waals surface area contributed by atoms with Gasteiger partial charge >= 0.3 is 0 Å². The van der Waals surface area contributed by atoms with Crippen molar-refractivity contribution in [3.63, 3.8) is 0 Å². The Morgan fingerprint density at radius 2 is 1.81 bits per heavy atom. The summed E-state index contributed by atoms with van der Waals surface area (Å²) in [6.07, 6.45) is 1.10. The topological polar surface area (TPSA) is 78.0 Å². The van der Waals surface area contributed by atoms with Gasteiger partial charge in [0.1, 0.15) is 4.90 Å². The molecule has 0 amide bonds. The second kappa shape index (κ2) is 6.29. The molecule has 21 heavy (non-hydrogen) atoms. The number of aromatic nitrogens is 2. The first-order chi connectivity index (χ1) is 9.86. The largest absolute Gasteiger partial charge is 0.263 e. The molecule has 0 aliphatic rings. The zero-order valence-electron chi connectivity index (χ0n) is 12.0. The van der Waals surface area contributed by atoms with Gasteiger partial charge in [0.2, 0.25) is 10.0 Å². The van der Waals surface area contributed by atoms with Crippen LogP contribution in [0.25, 0.3) is 0 Å². The van der Waals surface area contributed by atoms with E-state index in [1.807, 2.05) is 38.1 Å². The van der Waals surface area contributed by atoms with E-state index in [1.165, 1.54) is 0 Å². The highest BCUT2D eigenvalue weighted by Gasteiger charge is 2.24. The highest BCUT2D eigenvalue weighted by atomic mass is 79.9. The third-order valence-corrected chi connectivity index (χ3v) is 4.85. The minimum absolute atomic E-state index is 0.185. The van der Waals surface area contributed by atoms with E-state index in [0.717, 1.165) is 10.0 Å². The average Bonchev–Trinajstić information content (AvgIpc) is 2.79. The SMILES string of the molecule is CCc1nn(Cc2ccc(Br)cc2)c(CC)c1S(N)(=O)=O. The van der Waals surface area contributed by atoms with Crippen molar-refractivity contribution in [2.75, 3.05) is 0 Å². The van der Waals surface area contributed by atoms with Crippen molar-refractivity contribution >= 4 is 26.0 Å². The van der Waals surface area contributed by atoms with Gasteiger partial charge in [-0.05, 0) is 30.5 Å². The predicted octanol–water partition coefficient (Wildman–Crippen LogP) is 2.47. The number of hydrogen-bond acceptors (Lipinski definition) is 3. The van der Waals surface area contributed by atoms with Gasteiger partial charge in [-0.2, -0.15) is 5.10 Å². The summed E-state index contributed by atoms with van der Waals surface area (Å²) in [6, 6.07) is 7.86. The Bertz CT molecular complexity index is 736. The molecule has 2 rings (SSSR count). The van der Waals surface area contributed by atoms with Gasteiger partial charge in [0.15, 0.2) is 0 Å². The highest BCUT2D eigenvalue weighted by Crippen LogP contribution is 2.22. The quantitative estimate of drug-likeness (QED) is 0.876. The molecule has 5 nitrogen and oxygen atoms in total. The number of benzene rings is 1. The Balaban J connectivity index is 2.49. The number of rotatable bonds is 5. The van der Waals surface area contributed by atoms with Gasteiger partial charge in [0.25, 0.3) is 0 Å². The van der Waals surface area contributed by atoms with Crippen molar-refractivity contribution in [1.82, 2.24) is 9.78 Å². The molecule has 7 heteroatoms. The first kappa shape index (κ1) is 16.2. The fraction of sp³-hybridized carbons (Fsp3) is 0.357. The van der Waals surface area contributed by atoms with Crippen molar-refractivity contribution < 1.29 is 8.42 Å². The zero-order chi connectivity index (χ0) is 15.6. The van der Waals surface area contributed by atoms with Crippen LogP contribution >= 0.6 is 15.9 Å². The van der Waals surface area contributed by atoms with Crippen LogP contribution in [0.2, 0.25) is 0 Å². The van der Waals surface area contributed by atoms with Crippen LogP contribution < -0.4 is 5.14 Å². The Labute approximate surface area is 133 Å². The molecular formula is C14H18BrN3O2S. The minimum Gasteiger partial charge on any atom is -0.263 e. The number of sulfonamides is 1. The van der Waals surface area contributed by atoms with Crippen LogP contribution in [0.15, 0.2) is 33.6 Å². The molecule has 0 saturated heterocycles. The summed E-state index contributed by atoms with van der Waals surface area (Å²) in [6.45, 7) is 4.31. The first-order valence-electron chi connectivity index (χ1n) is 6.72. The van der Waals surface area contributed by atoms with Crippen LogP contribution in [-0.2, 0) is 29.4 Å². The number of primary sulfonamides is 1. The maximum atomic E-state index is 11.8. The molecule has 114 valence electrons. The second-order valence-corrected chi connectivity index (χ2v) is 7.17. The molecule has 1 heterocycles. The molecule has 0 unspecified atom stereocenters. The maximum absolute atomic E-state index is 11.8. The fourth-order valence-electron chi connectivity index (χ4n) is 2.33. The maximum Gasteiger partial charge on any atom is 0.241 e. The normalized spacial score (nSPS) is 11.8. The summed E-state index contributed by atoms with van der Waals surface area (Å²) >= 11 is 3.39. The number of nitrogens with zero attached hydrogens (tertiary/aromatic N) is 2. The molecule has 2 aromatic rings. The van der Waals surface area contributed by atoms with Crippen LogP contribution in [0.5, 0.6) is 0 Å². The summed E-state index contributed by atoms with van der Waals surface area (Å²) < 4.78 is 26.4. The van der Waals surface area contributed by atoms with Gasteiger partial charge in [-0.3, -0.25) is 4.68 Å². The van der Waals surface area contributed by atoms with Crippen LogP contribution in [0.1, 0.15) is 30.8 Å². The van der Waals surface area contributed by atoms with E-state index in [2.05, 4.69) is 21.0 Å². The molecule has 1 aromatic heterocycles. The third kappa shape index (κ3) is 3.53. The summed E-state index contributed by atoms with van der Waals surface area (Å²) in [5.74, 6) is 0. The van der Waals surface area contributed by atoms with E-state index >= 15 is 0 Å². The van der Waals surface area contributed by atoms with Crippen molar-refractivity contribution in [2.45, 2.75) is 38.1 Å². The van der Waals surface area contributed by atoms with Crippen molar-refractivity contribution in [1.29, 1.82) is 0 Å². The third-order valence-electron chi connectivity index (χ3n) is 3.28. The lowest BCUT2D eigenvalue weighted by Gasteiger charge is -2.07. The molecule has 0 atom stereocenters. The average molecular weight is 372 g/mol. The molecule has 0 aliphatic carbocycles. The van der Waals surface area contributed by atoms with E-state index in [4.69, 9.17) is 5.14 Å². The van der Waals surface area contributed by atoms with Crippen LogP contribution in [0.4, 0.5) is 0 Å². The van der Waals surface area contributed by atoms with E-state index in [0.29, 0.717) is 30.8 Å². The summed E-state index contributed by atoms with van der Waals surface area (Å²) in [7, 11) is -3.76. The molecule has 2 N–H and O–H groups in total. The van der Waals surface area contributed by atoms with Crippen LogP contribution in [0.3, 0.4) is 0 Å². The number of hydrogen-bond donors (Lipinski definition) is 1. The summed E-state index contributed by atoms with van der Waals surface area (Å²) in [5.41, 5.74) is 2.25. The van der Waals surface area contributed by atoms with E-state index in [9.17, 15) is 8.42 Å². The first-order valence-corrected chi connectivity index (χ1v) is 9.06. The fourth-order valence-corrected chi connectivity index (χ4v) is 3.69. The Morgan fingerprint density at radius 3 is 2.29 bits per heavy atom. The standard InChI is InChI=1S/C14H18BrN3O2S/c1-3-12-14(21(16,19)20)13(4-2)18(17-12)9-10-5-7-11(15)8-6-10/h5-8H,3-4,9H2,1-2H3,(H2,16,19,20). The number of nitrogens with two attached hydrogens (primary N) is 1. The Kier molecular flexibility index (Phi) is 4.85. The summed E-state index contributed by atoms with van der Waals surface area (Å²) in [4.78, 5) is 0.185. The lowest BCUT2D eigenvalue weighted by atomic mass is 10.2. The van der Waals surface area contributed by atoms with Crippen molar-refractivity contribution in [2.24, 2.45) is 5.14 Å². The van der Waals surface area contributed by atoms with Crippen molar-refractivity contribution in [3.8, 4) is 0 Å². The molecule has 0 spiro atoms. The predicted molar refractivity (Wildman–Crippen MR) is 85.6 cm³/mol. The molecule has 0 bridgehead atoms. The van der Waals surface area contributed by atoms with Gasteiger partial charge < -0.3 is 0 Å². The Hall–Kier alpha value is -1.18. The van der Waals surface area contributed by atoms with Gasteiger partial charge in [-0.1, -0.05) is 41.9 Å². The lowest BCUT2D eigenvalue weighted by Crippen LogP contribution is -2.16. The van der Waals surface area contributed by atoms with Gasteiger partial charge in [0, 0.05) is 4.47 Å². The smallest absolute Gasteiger partial charge is 0.241 e. The second-order valence-electron chi connectivity index (χ2n) is 4.76. The van der Waals surface area contributed by atoms with E-state index < -0.39 is 10.0 Å². The van der Waals surface area contributed by atoms with Crippen LogP contribution in [-0.4, -0.2) is 18.2 Å². The van der Waals surface area contributed by atoms with E-state index in [-0.39, 0.29) is 4.90 Å². The molecule has 0 radical (unpaired) electrons. The molecule has 1 aromatic carbocycles. The number of aryl methyl sites for hydroxylation is 1. The molecule has 0 saturated carbocycles. The number of halogens is 1. The molecule has 0 fully saturated rings. The zero-order valence-corrected chi connectivity index (χ0v) is 14.4. The monoisotopic (exact) mass is 371 g/mol. The Morgan fingerprint density at radius 1 is 1.19 bits per heavy atom. The lowest BCUT2D eigenvalue weighted by molar-refractivity contribution is 0.594. The van der Waals surface area contributed by atoms with Gasteiger partial charge in [-0.25, -0.2) is 13.6 Å². The van der Waals surface area contributed by atoms with Crippen molar-refractivity contribution in [3.05, 3.63) is 45.7 Å². The molecular weight excluding hydrogens is 354 g/mol. The van der Waals surface area contributed by atoms with E-state index in [1.54, 1.807) is 4.68 Å². The highest BCUT2D eigenvalue weighted by molar-refractivity contribution is 9.10. The summed E-state index contributed by atoms with van der Waals surface area (Å²) in [5, 5.41) is 9.78. The van der Waals surface area contributed by atoms with Gasteiger partial charge in [-0.15, -0.1) is 0 Å². The molecule has 0 aliphatic heterocycles. The van der Waals surface area contributed by atoms with Crippen LogP contribution in [0, 0.1) is 0 Å².